The van der Waals surface area contributed by atoms with E-state index in [-0.39, 0.29) is 0 Å². The van der Waals surface area contributed by atoms with E-state index in [1.165, 1.54) is 16.8 Å². The lowest BCUT2D eigenvalue weighted by atomic mass is 9.75. The molecule has 8 heteroatoms. The molecule has 7 nitrogen and oxygen atoms in total. The highest BCUT2D eigenvalue weighted by atomic mass is 32.1. The van der Waals surface area contributed by atoms with E-state index >= 15 is 0 Å². The molecule has 0 aliphatic heterocycles. The molecule has 1 aromatic heterocycles. The van der Waals surface area contributed by atoms with Crippen molar-refractivity contribution in [2.75, 3.05) is 5.32 Å². The lowest BCUT2D eigenvalue weighted by Gasteiger charge is -2.37. The van der Waals surface area contributed by atoms with Gasteiger partial charge in [0.15, 0.2) is 0 Å². The standard InChI is InChI=1S/C12H18N4O3S/c1-2-8-3-5-12(6-4-8,9(17)18)15-10(19)14-11-16-13-7-20-11/h7-8H,2-6H2,1H3,(H,17,18)(H2,14,15,16,19). The molecule has 2 amide bonds. The number of rotatable bonds is 4. The summed E-state index contributed by atoms with van der Waals surface area (Å²) in [4.78, 5) is 23.4. The van der Waals surface area contributed by atoms with Crippen LogP contribution in [0, 0.1) is 5.92 Å². The Kier molecular flexibility index (Phi) is 4.53. The Morgan fingerprint density at radius 2 is 2.20 bits per heavy atom. The lowest BCUT2D eigenvalue weighted by Crippen LogP contribution is -2.57. The van der Waals surface area contributed by atoms with Crippen LogP contribution in [0.25, 0.3) is 0 Å². The van der Waals surface area contributed by atoms with Crippen molar-refractivity contribution in [3.05, 3.63) is 5.51 Å². The molecule has 0 unspecified atom stereocenters. The van der Waals surface area contributed by atoms with E-state index in [9.17, 15) is 14.7 Å². The molecule has 1 heterocycles. The van der Waals surface area contributed by atoms with E-state index in [1.54, 1.807) is 0 Å². The highest BCUT2D eigenvalue weighted by Gasteiger charge is 2.43. The van der Waals surface area contributed by atoms with Gasteiger partial charge < -0.3 is 10.4 Å². The summed E-state index contributed by atoms with van der Waals surface area (Å²) < 4.78 is 0. The highest BCUT2D eigenvalue weighted by Crippen LogP contribution is 2.34. The van der Waals surface area contributed by atoms with E-state index in [1.807, 2.05) is 0 Å². The van der Waals surface area contributed by atoms with Crippen molar-refractivity contribution < 1.29 is 14.7 Å². The number of nitrogens with zero attached hydrogens (tertiary/aromatic N) is 2. The van der Waals surface area contributed by atoms with Crippen molar-refractivity contribution in [2.24, 2.45) is 5.92 Å². The predicted octanol–water partition coefficient (Wildman–Crippen LogP) is 2.08. The Hall–Kier alpha value is -1.70. The van der Waals surface area contributed by atoms with Gasteiger partial charge in [-0.25, -0.2) is 9.59 Å². The number of anilines is 1. The van der Waals surface area contributed by atoms with Crippen LogP contribution in [-0.4, -0.2) is 32.8 Å². The first kappa shape index (κ1) is 14.7. The van der Waals surface area contributed by atoms with Crippen LogP contribution < -0.4 is 10.6 Å². The number of carbonyl (C=O) groups excluding carboxylic acids is 1. The van der Waals surface area contributed by atoms with Gasteiger partial charge in [-0.3, -0.25) is 5.32 Å². The second-order valence-corrected chi connectivity index (χ2v) is 5.90. The molecule has 1 saturated carbocycles. The Balaban J connectivity index is 1.99. The first-order valence-electron chi connectivity index (χ1n) is 6.64. The average molecular weight is 298 g/mol. The van der Waals surface area contributed by atoms with Crippen LogP contribution in [0.15, 0.2) is 5.51 Å². The number of amides is 2. The zero-order valence-electron chi connectivity index (χ0n) is 11.3. The number of hydrogen-bond donors (Lipinski definition) is 3. The minimum absolute atomic E-state index is 0.352. The normalized spacial score (nSPS) is 25.9. The summed E-state index contributed by atoms with van der Waals surface area (Å²) in [6.45, 7) is 2.11. The number of hydrogen-bond acceptors (Lipinski definition) is 5. The van der Waals surface area contributed by atoms with Crippen LogP contribution >= 0.6 is 11.3 Å². The molecule has 0 spiro atoms. The van der Waals surface area contributed by atoms with Crippen LogP contribution in [-0.2, 0) is 4.79 Å². The van der Waals surface area contributed by atoms with Crippen LogP contribution in [0.2, 0.25) is 0 Å². The smallest absolute Gasteiger partial charge is 0.329 e. The van der Waals surface area contributed by atoms with Gasteiger partial charge >= 0.3 is 12.0 Å². The SMILES string of the molecule is CCC1CCC(NC(=O)Nc2nncs2)(C(=O)O)CC1. The molecule has 1 fully saturated rings. The number of aliphatic carboxylic acids is 1. The molecule has 1 aliphatic carbocycles. The van der Waals surface area contributed by atoms with Gasteiger partial charge in [0.25, 0.3) is 0 Å². The van der Waals surface area contributed by atoms with Crippen molar-refractivity contribution in [3.8, 4) is 0 Å². The maximum Gasteiger partial charge on any atom is 0.329 e. The molecule has 1 aromatic rings. The number of carbonyl (C=O) groups is 2. The molecule has 0 aromatic carbocycles. The molecule has 20 heavy (non-hydrogen) atoms. The third-order valence-corrected chi connectivity index (χ3v) is 4.49. The summed E-state index contributed by atoms with van der Waals surface area (Å²) in [5.41, 5.74) is 0.329. The first-order chi connectivity index (χ1) is 9.55. The Bertz CT molecular complexity index is 469. The number of carboxylic acid groups (broad SMARTS) is 1. The van der Waals surface area contributed by atoms with Gasteiger partial charge in [-0.1, -0.05) is 24.7 Å². The molecular formula is C12H18N4O3S. The number of nitrogens with one attached hydrogen (secondary N) is 2. The van der Waals surface area contributed by atoms with Gasteiger partial charge in [-0.05, 0) is 31.6 Å². The second-order valence-electron chi connectivity index (χ2n) is 5.06. The van der Waals surface area contributed by atoms with E-state index in [2.05, 4.69) is 27.8 Å². The monoisotopic (exact) mass is 298 g/mol. The molecule has 0 saturated heterocycles. The third kappa shape index (κ3) is 3.24. The largest absolute Gasteiger partial charge is 0.480 e. The summed E-state index contributed by atoms with van der Waals surface area (Å²) in [5, 5.41) is 22.2. The maximum absolute atomic E-state index is 11.9. The van der Waals surface area contributed by atoms with E-state index < -0.39 is 17.5 Å². The van der Waals surface area contributed by atoms with Crippen LogP contribution in [0.5, 0.6) is 0 Å². The average Bonchev–Trinajstić information content (AvgIpc) is 2.92. The summed E-state index contributed by atoms with van der Waals surface area (Å²) >= 11 is 1.18. The number of carboxylic acids is 1. The van der Waals surface area contributed by atoms with Gasteiger partial charge in [0.1, 0.15) is 11.0 Å². The number of aromatic nitrogens is 2. The van der Waals surface area contributed by atoms with Gasteiger partial charge in [-0.15, -0.1) is 10.2 Å². The van der Waals surface area contributed by atoms with E-state index in [0.717, 1.165) is 19.3 Å². The van der Waals surface area contributed by atoms with E-state index in [4.69, 9.17) is 0 Å². The van der Waals surface area contributed by atoms with Crippen molar-refractivity contribution in [3.63, 3.8) is 0 Å². The molecule has 110 valence electrons. The van der Waals surface area contributed by atoms with Gasteiger partial charge in [0, 0.05) is 0 Å². The Morgan fingerprint density at radius 1 is 1.50 bits per heavy atom. The summed E-state index contributed by atoms with van der Waals surface area (Å²) in [6, 6.07) is -0.543. The predicted molar refractivity (Wildman–Crippen MR) is 74.7 cm³/mol. The molecule has 0 radical (unpaired) electrons. The quantitative estimate of drug-likeness (QED) is 0.789. The fraction of sp³-hybridized carbons (Fsp3) is 0.667. The fourth-order valence-corrected chi connectivity index (χ4v) is 2.98. The zero-order chi connectivity index (χ0) is 14.6. The lowest BCUT2D eigenvalue weighted by molar-refractivity contribution is -0.146. The molecule has 2 rings (SSSR count). The first-order valence-corrected chi connectivity index (χ1v) is 7.52. The summed E-state index contributed by atoms with van der Waals surface area (Å²) in [7, 11) is 0. The minimum Gasteiger partial charge on any atom is -0.480 e. The van der Waals surface area contributed by atoms with Gasteiger partial charge in [-0.2, -0.15) is 0 Å². The third-order valence-electron chi connectivity index (χ3n) is 3.88. The minimum atomic E-state index is -1.17. The Morgan fingerprint density at radius 3 is 2.70 bits per heavy atom. The van der Waals surface area contributed by atoms with Crippen molar-refractivity contribution in [1.82, 2.24) is 15.5 Å². The fourth-order valence-electron chi connectivity index (χ4n) is 2.54. The van der Waals surface area contributed by atoms with Crippen LogP contribution in [0.3, 0.4) is 0 Å². The van der Waals surface area contributed by atoms with Gasteiger partial charge in [0.2, 0.25) is 5.13 Å². The Labute approximate surface area is 120 Å². The summed E-state index contributed by atoms with van der Waals surface area (Å²) in [6.07, 6.45) is 3.62. The molecule has 3 N–H and O–H groups in total. The molecule has 0 bridgehead atoms. The zero-order valence-corrected chi connectivity index (χ0v) is 12.1. The highest BCUT2D eigenvalue weighted by molar-refractivity contribution is 7.13. The van der Waals surface area contributed by atoms with Crippen molar-refractivity contribution in [1.29, 1.82) is 0 Å². The molecule has 0 atom stereocenters. The molecular weight excluding hydrogens is 280 g/mol. The van der Waals surface area contributed by atoms with Crippen LogP contribution in [0.4, 0.5) is 9.93 Å². The van der Waals surface area contributed by atoms with E-state index in [0.29, 0.717) is 23.9 Å². The molecule has 1 aliphatic rings. The maximum atomic E-state index is 11.9. The number of urea groups is 1. The topological polar surface area (TPSA) is 104 Å². The van der Waals surface area contributed by atoms with Gasteiger partial charge in [0.05, 0.1) is 0 Å². The van der Waals surface area contributed by atoms with Crippen molar-refractivity contribution >= 4 is 28.5 Å². The van der Waals surface area contributed by atoms with Crippen molar-refractivity contribution in [2.45, 2.75) is 44.6 Å². The summed E-state index contributed by atoms with van der Waals surface area (Å²) in [5.74, 6) is -0.421. The van der Waals surface area contributed by atoms with Crippen LogP contribution in [0.1, 0.15) is 39.0 Å². The second kappa shape index (κ2) is 6.17.